The number of amides is 2. The largest absolute Gasteiger partial charge is 0.395 e. The molecule has 1 unspecified atom stereocenters. The van der Waals surface area contributed by atoms with Crippen molar-refractivity contribution in [3.8, 4) is 0 Å². The molecule has 1 aliphatic heterocycles. The normalized spacial score (nSPS) is 18.3. The third-order valence-electron chi connectivity index (χ3n) is 4.04. The summed E-state index contributed by atoms with van der Waals surface area (Å²) in [7, 11) is 1.58. The lowest BCUT2D eigenvalue weighted by atomic mass is 10.1. The number of hydrogen-bond donors (Lipinski definition) is 2. The van der Waals surface area contributed by atoms with Crippen molar-refractivity contribution in [2.45, 2.75) is 19.0 Å². The molecule has 2 N–H and O–H groups in total. The fraction of sp³-hybridized carbons (Fsp3) is 0.500. The Morgan fingerprint density at radius 1 is 1.54 bits per heavy atom. The lowest BCUT2D eigenvalue weighted by Gasteiger charge is -2.35. The molecule has 2 amide bonds. The molecule has 1 saturated heterocycles. The fourth-order valence-electron chi connectivity index (χ4n) is 2.64. The van der Waals surface area contributed by atoms with Crippen molar-refractivity contribution in [3.63, 3.8) is 0 Å². The number of carbonyl (C=O) groups excluding carboxylic acids is 2. The number of aliphatic hydroxyl groups is 1. The van der Waals surface area contributed by atoms with Gasteiger partial charge in [0.2, 0.25) is 11.8 Å². The van der Waals surface area contributed by atoms with Crippen molar-refractivity contribution in [3.05, 3.63) is 34.6 Å². The topological polar surface area (TPSA) is 72.9 Å². The summed E-state index contributed by atoms with van der Waals surface area (Å²) in [5.41, 5.74) is 0.688. The smallest absolute Gasteiger partial charge is 0.237 e. The summed E-state index contributed by atoms with van der Waals surface area (Å²) in [5, 5.41) is 11.7. The van der Waals surface area contributed by atoms with E-state index in [0.717, 1.165) is 0 Å². The summed E-state index contributed by atoms with van der Waals surface area (Å²) in [6.07, 6.45) is 0.0123. The molecule has 8 heteroatoms. The van der Waals surface area contributed by atoms with Crippen LogP contribution in [0, 0.1) is 5.82 Å². The van der Waals surface area contributed by atoms with Gasteiger partial charge in [-0.2, -0.15) is 0 Å². The van der Waals surface area contributed by atoms with E-state index in [1.165, 1.54) is 17.0 Å². The summed E-state index contributed by atoms with van der Waals surface area (Å²) < 4.78 is 13.6. The molecule has 1 aromatic carbocycles. The van der Waals surface area contributed by atoms with Crippen molar-refractivity contribution in [1.82, 2.24) is 15.1 Å². The fourth-order valence-corrected chi connectivity index (χ4v) is 2.76. The first-order chi connectivity index (χ1) is 11.4. The Morgan fingerprint density at radius 3 is 2.96 bits per heavy atom. The number of halogens is 2. The van der Waals surface area contributed by atoms with Crippen LogP contribution in [0.1, 0.15) is 12.0 Å². The summed E-state index contributed by atoms with van der Waals surface area (Å²) >= 11 is 5.69. The molecule has 0 saturated carbocycles. The van der Waals surface area contributed by atoms with Crippen LogP contribution in [0.5, 0.6) is 0 Å². The maximum atomic E-state index is 13.6. The molecule has 24 heavy (non-hydrogen) atoms. The van der Waals surface area contributed by atoms with E-state index >= 15 is 0 Å². The predicted molar refractivity (Wildman–Crippen MR) is 88.0 cm³/mol. The molecule has 0 aromatic heterocycles. The lowest BCUT2D eigenvalue weighted by Crippen LogP contribution is -2.56. The van der Waals surface area contributed by atoms with Gasteiger partial charge in [-0.25, -0.2) is 4.39 Å². The van der Waals surface area contributed by atoms with E-state index in [4.69, 9.17) is 16.7 Å². The third kappa shape index (κ3) is 4.66. The van der Waals surface area contributed by atoms with Crippen molar-refractivity contribution in [1.29, 1.82) is 0 Å². The van der Waals surface area contributed by atoms with Crippen LogP contribution < -0.4 is 5.32 Å². The van der Waals surface area contributed by atoms with Crippen LogP contribution in [0.25, 0.3) is 0 Å². The molecule has 1 heterocycles. The van der Waals surface area contributed by atoms with Gasteiger partial charge in [-0.3, -0.25) is 14.5 Å². The molecular formula is C16H21ClFN3O3. The number of nitrogens with one attached hydrogen (secondary N) is 1. The van der Waals surface area contributed by atoms with Gasteiger partial charge in [0.1, 0.15) is 5.82 Å². The first-order valence-electron chi connectivity index (χ1n) is 7.73. The molecule has 6 nitrogen and oxygen atoms in total. The van der Waals surface area contributed by atoms with Crippen LogP contribution >= 0.6 is 11.6 Å². The quantitative estimate of drug-likeness (QED) is 0.783. The minimum Gasteiger partial charge on any atom is -0.395 e. The van der Waals surface area contributed by atoms with E-state index in [-0.39, 0.29) is 36.4 Å². The number of nitrogens with zero attached hydrogens (tertiary/aromatic N) is 2. The maximum Gasteiger partial charge on any atom is 0.237 e. The third-order valence-corrected chi connectivity index (χ3v) is 4.35. The number of likely N-dealkylation sites (N-methyl/N-ethyl adjacent to an activating group) is 1. The zero-order chi connectivity index (χ0) is 17.7. The lowest BCUT2D eigenvalue weighted by molar-refractivity contribution is -0.138. The Morgan fingerprint density at radius 2 is 2.29 bits per heavy atom. The molecule has 1 atom stereocenters. The molecule has 1 aliphatic rings. The molecule has 2 rings (SSSR count). The average Bonchev–Trinajstić information content (AvgIpc) is 2.54. The molecule has 1 aromatic rings. The Balaban J connectivity index is 2.09. The van der Waals surface area contributed by atoms with E-state index in [0.29, 0.717) is 25.2 Å². The highest BCUT2D eigenvalue weighted by Crippen LogP contribution is 2.19. The van der Waals surface area contributed by atoms with E-state index in [9.17, 15) is 14.0 Å². The van der Waals surface area contributed by atoms with Gasteiger partial charge in [-0.05, 0) is 17.7 Å². The van der Waals surface area contributed by atoms with Gasteiger partial charge < -0.3 is 15.3 Å². The first kappa shape index (κ1) is 18.6. The Bertz CT molecular complexity index is 614. The number of carbonyl (C=O) groups is 2. The Labute approximate surface area is 145 Å². The SMILES string of the molecule is CN(CCO)C(=O)CC1C(=O)NCCN1Cc1ccc(Cl)c(F)c1. The first-order valence-corrected chi connectivity index (χ1v) is 8.10. The van der Waals surface area contributed by atoms with Gasteiger partial charge in [-0.1, -0.05) is 17.7 Å². The van der Waals surface area contributed by atoms with Crippen LogP contribution in [0.2, 0.25) is 5.02 Å². The highest BCUT2D eigenvalue weighted by molar-refractivity contribution is 6.30. The van der Waals surface area contributed by atoms with Crippen molar-refractivity contribution in [2.24, 2.45) is 0 Å². The number of piperazine rings is 1. The van der Waals surface area contributed by atoms with E-state index in [1.54, 1.807) is 13.1 Å². The summed E-state index contributed by atoms with van der Waals surface area (Å²) in [5.74, 6) is -0.953. The maximum absolute atomic E-state index is 13.6. The van der Waals surface area contributed by atoms with E-state index < -0.39 is 11.9 Å². The molecular weight excluding hydrogens is 337 g/mol. The summed E-state index contributed by atoms with van der Waals surface area (Å²) in [6.45, 7) is 1.48. The summed E-state index contributed by atoms with van der Waals surface area (Å²) in [6, 6.07) is 3.90. The molecule has 0 bridgehead atoms. The number of rotatable bonds is 6. The molecule has 132 valence electrons. The second-order valence-electron chi connectivity index (χ2n) is 5.77. The van der Waals surface area contributed by atoms with Gasteiger partial charge >= 0.3 is 0 Å². The van der Waals surface area contributed by atoms with Crippen LogP contribution in [0.15, 0.2) is 18.2 Å². The average molecular weight is 358 g/mol. The standard InChI is InChI=1S/C16H21ClFN3O3/c1-20(6-7-22)15(23)9-14-16(24)19-4-5-21(14)10-11-2-3-12(17)13(18)8-11/h2-3,8,14,22H,4-7,9-10H2,1H3,(H,19,24). The minimum atomic E-state index is -0.619. The highest BCUT2D eigenvalue weighted by Gasteiger charge is 2.32. The molecule has 0 spiro atoms. The molecule has 0 aliphatic carbocycles. The van der Waals surface area contributed by atoms with Crippen molar-refractivity contribution in [2.75, 3.05) is 33.3 Å². The number of hydrogen-bond acceptors (Lipinski definition) is 4. The van der Waals surface area contributed by atoms with Crippen LogP contribution in [-0.4, -0.2) is 66.1 Å². The highest BCUT2D eigenvalue weighted by atomic mass is 35.5. The van der Waals surface area contributed by atoms with Crippen LogP contribution in [0.4, 0.5) is 4.39 Å². The second kappa shape index (κ2) is 8.41. The van der Waals surface area contributed by atoms with Crippen LogP contribution in [0.3, 0.4) is 0 Å². The number of aliphatic hydroxyl groups excluding tert-OH is 1. The Kier molecular flexibility index (Phi) is 6.53. The number of benzene rings is 1. The minimum absolute atomic E-state index is 0.0123. The van der Waals surface area contributed by atoms with Gasteiger partial charge in [-0.15, -0.1) is 0 Å². The van der Waals surface area contributed by atoms with Gasteiger partial charge in [0.05, 0.1) is 24.1 Å². The predicted octanol–water partition coefficient (Wildman–Crippen LogP) is 0.620. The van der Waals surface area contributed by atoms with E-state index in [2.05, 4.69) is 5.32 Å². The van der Waals surface area contributed by atoms with Gasteiger partial charge in [0.15, 0.2) is 0 Å². The monoisotopic (exact) mass is 357 g/mol. The second-order valence-corrected chi connectivity index (χ2v) is 6.18. The van der Waals surface area contributed by atoms with E-state index in [1.807, 2.05) is 4.90 Å². The zero-order valence-electron chi connectivity index (χ0n) is 13.5. The van der Waals surface area contributed by atoms with Gasteiger partial charge in [0, 0.05) is 33.2 Å². The summed E-state index contributed by atoms with van der Waals surface area (Å²) in [4.78, 5) is 27.6. The molecule has 1 fully saturated rings. The van der Waals surface area contributed by atoms with Gasteiger partial charge in [0.25, 0.3) is 0 Å². The van der Waals surface area contributed by atoms with Crippen molar-refractivity contribution >= 4 is 23.4 Å². The Hall–Kier alpha value is -1.70. The molecule has 0 radical (unpaired) electrons. The van der Waals surface area contributed by atoms with Crippen molar-refractivity contribution < 1.29 is 19.1 Å². The zero-order valence-corrected chi connectivity index (χ0v) is 14.2. The van der Waals surface area contributed by atoms with Crippen LogP contribution in [-0.2, 0) is 16.1 Å².